The van der Waals surface area contributed by atoms with Gasteiger partial charge in [-0.05, 0) is 24.3 Å². The molecule has 0 saturated heterocycles. The van der Waals surface area contributed by atoms with Gasteiger partial charge in [-0.3, -0.25) is 9.59 Å². The molecule has 1 atom stereocenters. The fraction of sp³-hybridized carbons (Fsp3) is 0.182. The molecular weight excluding hydrogens is 430 g/mol. The fourth-order valence-electron chi connectivity index (χ4n) is 3.30. The Morgan fingerprint density at radius 3 is 2.78 bits per heavy atom. The van der Waals surface area contributed by atoms with E-state index in [1.165, 1.54) is 6.20 Å². The molecule has 10 heteroatoms. The van der Waals surface area contributed by atoms with Gasteiger partial charge in [-0.1, -0.05) is 42.1 Å². The van der Waals surface area contributed by atoms with Gasteiger partial charge in [-0.15, -0.1) is 0 Å². The third kappa shape index (κ3) is 4.17. The number of aromatic nitrogens is 4. The quantitative estimate of drug-likeness (QED) is 0.343. The van der Waals surface area contributed by atoms with Crippen LogP contribution in [0.25, 0.3) is 16.7 Å². The Morgan fingerprint density at radius 1 is 1.16 bits per heavy atom. The van der Waals surface area contributed by atoms with E-state index in [1.54, 1.807) is 4.68 Å². The number of carbonyl (C=O) groups is 1. The predicted molar refractivity (Wildman–Crippen MR) is 120 cm³/mol. The van der Waals surface area contributed by atoms with Gasteiger partial charge in [0, 0.05) is 0 Å². The van der Waals surface area contributed by atoms with E-state index in [4.69, 9.17) is 9.47 Å². The lowest BCUT2D eigenvalue weighted by Gasteiger charge is -2.26. The number of rotatable bonds is 6. The Bertz CT molecular complexity index is 1320. The van der Waals surface area contributed by atoms with Crippen LogP contribution in [0.15, 0.2) is 70.7 Å². The average molecular weight is 449 g/mol. The number of aromatic amines is 1. The number of carbonyl (C=O) groups excluding carboxylic acids is 1. The maximum Gasteiger partial charge on any atom is 0.262 e. The molecule has 2 N–H and O–H groups in total. The summed E-state index contributed by atoms with van der Waals surface area (Å²) < 4.78 is 13.1. The number of nitrogens with one attached hydrogen (secondary N) is 2. The van der Waals surface area contributed by atoms with Crippen LogP contribution in [0, 0.1) is 0 Å². The molecule has 0 radical (unpaired) electrons. The minimum absolute atomic E-state index is 0.0953. The van der Waals surface area contributed by atoms with Crippen molar-refractivity contribution in [1.82, 2.24) is 25.1 Å². The number of nitrogens with zero attached hydrogens (tertiary/aromatic N) is 3. The minimum Gasteiger partial charge on any atom is -0.486 e. The first-order valence-corrected chi connectivity index (χ1v) is 11.0. The molecule has 5 rings (SSSR count). The van der Waals surface area contributed by atoms with E-state index >= 15 is 0 Å². The summed E-state index contributed by atoms with van der Waals surface area (Å²) in [6.07, 6.45) is 1.22. The lowest BCUT2D eigenvalue weighted by Crippen LogP contribution is -2.41. The number of para-hydroxylation sites is 3. The average Bonchev–Trinajstić information content (AvgIpc) is 3.26. The highest BCUT2D eigenvalue weighted by atomic mass is 32.2. The number of amides is 1. The molecule has 1 aliphatic rings. The molecule has 32 heavy (non-hydrogen) atoms. The van der Waals surface area contributed by atoms with Crippen molar-refractivity contribution in [3.8, 4) is 17.2 Å². The molecule has 2 aromatic carbocycles. The molecular formula is C22H19N5O4S. The monoisotopic (exact) mass is 449 g/mol. The highest BCUT2D eigenvalue weighted by Crippen LogP contribution is 2.30. The van der Waals surface area contributed by atoms with Crippen molar-refractivity contribution in [2.24, 2.45) is 0 Å². The number of benzene rings is 2. The van der Waals surface area contributed by atoms with Gasteiger partial charge in [0.05, 0.1) is 24.2 Å². The molecule has 3 heterocycles. The Balaban J connectivity index is 1.22. The molecule has 1 amide bonds. The van der Waals surface area contributed by atoms with E-state index in [-0.39, 0.29) is 23.3 Å². The molecule has 1 aliphatic heterocycles. The van der Waals surface area contributed by atoms with Gasteiger partial charge < -0.3 is 19.8 Å². The molecule has 0 bridgehead atoms. The van der Waals surface area contributed by atoms with Crippen LogP contribution in [0.4, 0.5) is 0 Å². The number of fused-ring (bicyclic) bond motifs is 2. The van der Waals surface area contributed by atoms with E-state index in [2.05, 4.69) is 20.4 Å². The van der Waals surface area contributed by atoms with Crippen molar-refractivity contribution < 1.29 is 14.3 Å². The van der Waals surface area contributed by atoms with Crippen LogP contribution in [-0.4, -0.2) is 50.7 Å². The number of thioether (sulfide) groups is 1. The summed E-state index contributed by atoms with van der Waals surface area (Å²) in [5.74, 6) is 1.26. The summed E-state index contributed by atoms with van der Waals surface area (Å²) in [6.45, 7) is 0.678. The largest absolute Gasteiger partial charge is 0.486 e. The van der Waals surface area contributed by atoms with Crippen molar-refractivity contribution in [2.75, 3.05) is 18.9 Å². The van der Waals surface area contributed by atoms with Crippen molar-refractivity contribution >= 4 is 28.7 Å². The van der Waals surface area contributed by atoms with Gasteiger partial charge in [-0.25, -0.2) is 9.67 Å². The van der Waals surface area contributed by atoms with Gasteiger partial charge in [0.2, 0.25) is 5.91 Å². The van der Waals surface area contributed by atoms with Crippen molar-refractivity contribution in [3.63, 3.8) is 0 Å². The molecule has 0 saturated carbocycles. The van der Waals surface area contributed by atoms with Crippen LogP contribution >= 0.6 is 11.8 Å². The maximum atomic E-state index is 12.4. The Morgan fingerprint density at radius 2 is 1.94 bits per heavy atom. The Labute approximate surface area is 186 Å². The molecule has 162 valence electrons. The van der Waals surface area contributed by atoms with Gasteiger partial charge in [0.15, 0.2) is 22.3 Å². The van der Waals surface area contributed by atoms with Gasteiger partial charge in [0.1, 0.15) is 18.1 Å². The van der Waals surface area contributed by atoms with E-state index < -0.39 is 0 Å². The fourth-order valence-corrected chi connectivity index (χ4v) is 3.99. The summed E-state index contributed by atoms with van der Waals surface area (Å²) in [4.78, 5) is 32.0. The summed E-state index contributed by atoms with van der Waals surface area (Å²) >= 11 is 1.15. The number of hydrogen-bond acceptors (Lipinski definition) is 7. The zero-order valence-corrected chi connectivity index (χ0v) is 17.7. The second-order valence-electron chi connectivity index (χ2n) is 7.09. The lowest BCUT2D eigenvalue weighted by molar-refractivity contribution is -0.119. The first kappa shape index (κ1) is 20.1. The molecule has 0 aliphatic carbocycles. The second-order valence-corrected chi connectivity index (χ2v) is 8.05. The number of ether oxygens (including phenoxy) is 2. The van der Waals surface area contributed by atoms with Crippen molar-refractivity contribution in [3.05, 3.63) is 71.1 Å². The molecule has 2 aromatic heterocycles. The van der Waals surface area contributed by atoms with Crippen LogP contribution in [0.5, 0.6) is 11.5 Å². The lowest BCUT2D eigenvalue weighted by atomic mass is 10.2. The Kier molecular flexibility index (Phi) is 5.51. The molecule has 0 fully saturated rings. The molecule has 0 unspecified atom stereocenters. The molecule has 0 spiro atoms. The van der Waals surface area contributed by atoms with Gasteiger partial charge in [-0.2, -0.15) is 5.10 Å². The Hall–Kier alpha value is -3.79. The first-order valence-electron chi connectivity index (χ1n) is 9.99. The third-order valence-corrected chi connectivity index (χ3v) is 5.72. The topological polar surface area (TPSA) is 111 Å². The minimum atomic E-state index is -0.300. The highest BCUT2D eigenvalue weighted by molar-refractivity contribution is 7.99. The zero-order chi connectivity index (χ0) is 21.9. The SMILES string of the molecule is O=C(CSc1nc2c(cnn2-c2ccccc2)c(=O)[nH]1)NC[C@H]1COc2ccccc2O1. The van der Waals surface area contributed by atoms with Crippen molar-refractivity contribution in [1.29, 1.82) is 0 Å². The third-order valence-electron chi connectivity index (χ3n) is 4.85. The number of H-pyrrole nitrogens is 1. The van der Waals surface area contributed by atoms with Crippen LogP contribution in [0.3, 0.4) is 0 Å². The molecule has 4 aromatic rings. The van der Waals surface area contributed by atoms with Crippen LogP contribution in [-0.2, 0) is 4.79 Å². The first-order chi connectivity index (χ1) is 15.7. The predicted octanol–water partition coefficient (Wildman–Crippen LogP) is 2.16. The van der Waals surface area contributed by atoms with Crippen LogP contribution in [0.2, 0.25) is 0 Å². The van der Waals surface area contributed by atoms with Crippen LogP contribution < -0.4 is 20.3 Å². The molecule has 9 nitrogen and oxygen atoms in total. The van der Waals surface area contributed by atoms with Crippen molar-refractivity contribution in [2.45, 2.75) is 11.3 Å². The van der Waals surface area contributed by atoms with Gasteiger partial charge >= 0.3 is 0 Å². The van der Waals surface area contributed by atoms with E-state index in [0.29, 0.717) is 40.8 Å². The van der Waals surface area contributed by atoms with E-state index in [0.717, 1.165) is 17.4 Å². The summed E-state index contributed by atoms with van der Waals surface area (Å²) in [7, 11) is 0. The maximum absolute atomic E-state index is 12.4. The van der Waals surface area contributed by atoms with Crippen LogP contribution in [0.1, 0.15) is 0 Å². The van der Waals surface area contributed by atoms with Gasteiger partial charge in [0.25, 0.3) is 5.56 Å². The normalized spacial score (nSPS) is 14.9. The summed E-state index contributed by atoms with van der Waals surface area (Å²) in [6, 6.07) is 16.9. The highest BCUT2D eigenvalue weighted by Gasteiger charge is 2.21. The zero-order valence-electron chi connectivity index (χ0n) is 16.9. The van der Waals surface area contributed by atoms with E-state index in [9.17, 15) is 9.59 Å². The summed E-state index contributed by atoms with van der Waals surface area (Å²) in [5.41, 5.74) is 0.936. The summed E-state index contributed by atoms with van der Waals surface area (Å²) in [5, 5.41) is 7.85. The second kappa shape index (κ2) is 8.75. The smallest absolute Gasteiger partial charge is 0.262 e. The number of hydrogen-bond donors (Lipinski definition) is 2. The van der Waals surface area contributed by atoms with E-state index in [1.807, 2.05) is 54.6 Å². The standard InChI is InChI=1S/C22H19N5O4S/c28-19(23-10-15-12-30-17-8-4-5-9-18(17)31-15)13-32-22-25-20-16(21(29)26-22)11-24-27(20)14-6-2-1-3-7-14/h1-9,11,15H,10,12-13H2,(H,23,28)(H,25,26,29)/t15-/m0/s1.